The molecule has 8 heavy (non-hydrogen) atoms. The minimum absolute atomic E-state index is 0.0787. The van der Waals surface area contributed by atoms with Crippen LogP contribution in [-0.4, -0.2) is 18.5 Å². The molecule has 1 rings (SSSR count). The summed E-state index contributed by atoms with van der Waals surface area (Å²) in [7, 11) is 0. The third-order valence-electron chi connectivity index (χ3n) is 1.56. The van der Waals surface area contributed by atoms with E-state index in [1.54, 1.807) is 0 Å². The Kier molecular flexibility index (Phi) is 1.21. The summed E-state index contributed by atoms with van der Waals surface area (Å²) in [6.07, 6.45) is 0. The van der Waals surface area contributed by atoms with Gasteiger partial charge in [-0.25, -0.2) is 0 Å². The van der Waals surface area contributed by atoms with E-state index in [9.17, 15) is 4.79 Å². The molecule has 1 aliphatic rings. The van der Waals surface area contributed by atoms with Gasteiger partial charge in [-0.3, -0.25) is 4.79 Å². The Bertz CT molecular complexity index is 113. The number of carbonyl (C=O) groups excluding carboxylic acids is 1. The van der Waals surface area contributed by atoms with E-state index < -0.39 is 0 Å². The van der Waals surface area contributed by atoms with Gasteiger partial charge in [-0.15, -0.1) is 0 Å². The van der Waals surface area contributed by atoms with E-state index in [1.807, 2.05) is 6.92 Å². The van der Waals surface area contributed by atoms with Crippen molar-refractivity contribution >= 4 is 5.91 Å². The van der Waals surface area contributed by atoms with Gasteiger partial charge in [0.25, 0.3) is 0 Å². The topological polar surface area (TPSA) is 55.1 Å². The molecule has 0 aliphatic carbocycles. The zero-order valence-corrected chi connectivity index (χ0v) is 4.85. The Morgan fingerprint density at radius 3 is 2.62 bits per heavy atom. The van der Waals surface area contributed by atoms with Gasteiger partial charge < -0.3 is 11.1 Å². The number of nitrogens with one attached hydrogen (secondary N) is 1. The van der Waals surface area contributed by atoms with E-state index in [1.165, 1.54) is 0 Å². The highest BCUT2D eigenvalue weighted by Crippen LogP contribution is 2.11. The Hall–Kier alpha value is -0.570. The highest BCUT2D eigenvalue weighted by Gasteiger charge is 2.33. The summed E-state index contributed by atoms with van der Waals surface area (Å²) >= 11 is 0. The summed E-state index contributed by atoms with van der Waals surface area (Å²) in [5.41, 5.74) is 5.25. The number of amides is 1. The molecule has 1 heterocycles. The van der Waals surface area contributed by atoms with Gasteiger partial charge in [0.15, 0.2) is 0 Å². The predicted octanol–water partition coefficient (Wildman–Crippen LogP) is -0.920. The second-order valence-electron chi connectivity index (χ2n) is 2.14. The van der Waals surface area contributed by atoms with Crippen LogP contribution in [0.4, 0.5) is 0 Å². The summed E-state index contributed by atoms with van der Waals surface area (Å²) < 4.78 is 0. The van der Waals surface area contributed by atoms with Gasteiger partial charge >= 0.3 is 0 Å². The monoisotopic (exact) mass is 114 g/mol. The molecule has 46 valence electrons. The Labute approximate surface area is 48.2 Å². The molecule has 0 aromatic heterocycles. The fraction of sp³-hybridized carbons (Fsp3) is 0.800. The zero-order chi connectivity index (χ0) is 6.15. The lowest BCUT2D eigenvalue weighted by Gasteiger charge is -2.32. The first-order valence-corrected chi connectivity index (χ1v) is 2.76. The average molecular weight is 114 g/mol. The SMILES string of the molecule is CC1NC(=O)C1CN. The van der Waals surface area contributed by atoms with Crippen LogP contribution in [0.1, 0.15) is 6.92 Å². The summed E-state index contributed by atoms with van der Waals surface area (Å²) in [4.78, 5) is 10.5. The van der Waals surface area contributed by atoms with Crippen molar-refractivity contribution in [1.29, 1.82) is 0 Å². The van der Waals surface area contributed by atoms with Crippen molar-refractivity contribution in [2.24, 2.45) is 11.7 Å². The lowest BCUT2D eigenvalue weighted by Crippen LogP contribution is -2.59. The highest BCUT2D eigenvalue weighted by molar-refractivity contribution is 5.85. The van der Waals surface area contributed by atoms with E-state index in [2.05, 4.69) is 5.32 Å². The third-order valence-corrected chi connectivity index (χ3v) is 1.56. The number of carbonyl (C=O) groups is 1. The normalized spacial score (nSPS) is 36.0. The summed E-state index contributed by atoms with van der Waals surface area (Å²) in [6, 6.07) is 0.299. The van der Waals surface area contributed by atoms with Crippen LogP contribution in [0.25, 0.3) is 0 Å². The average Bonchev–Trinajstić information content (AvgIpc) is 1.67. The second kappa shape index (κ2) is 1.74. The van der Waals surface area contributed by atoms with E-state index in [0.717, 1.165) is 0 Å². The van der Waals surface area contributed by atoms with Gasteiger partial charge in [0.05, 0.1) is 5.92 Å². The first kappa shape index (κ1) is 5.56. The lowest BCUT2D eigenvalue weighted by atomic mass is 9.92. The first-order valence-electron chi connectivity index (χ1n) is 2.76. The summed E-state index contributed by atoms with van der Waals surface area (Å²) in [5.74, 6) is 0.176. The van der Waals surface area contributed by atoms with Gasteiger partial charge in [0.1, 0.15) is 0 Å². The third kappa shape index (κ3) is 0.591. The molecule has 1 aliphatic heterocycles. The van der Waals surface area contributed by atoms with Crippen molar-refractivity contribution in [3.63, 3.8) is 0 Å². The Morgan fingerprint density at radius 2 is 2.50 bits per heavy atom. The van der Waals surface area contributed by atoms with Crippen molar-refractivity contribution in [2.45, 2.75) is 13.0 Å². The quantitative estimate of drug-likeness (QED) is 0.433. The van der Waals surface area contributed by atoms with Gasteiger partial charge in [-0.2, -0.15) is 0 Å². The van der Waals surface area contributed by atoms with Crippen molar-refractivity contribution in [3.05, 3.63) is 0 Å². The summed E-state index contributed by atoms with van der Waals surface area (Å²) in [6.45, 7) is 2.44. The van der Waals surface area contributed by atoms with Gasteiger partial charge in [-0.05, 0) is 6.92 Å². The van der Waals surface area contributed by atoms with Gasteiger partial charge in [-0.1, -0.05) is 0 Å². The number of β-lactam (4-membered cyclic amide) rings is 1. The van der Waals surface area contributed by atoms with Gasteiger partial charge in [0.2, 0.25) is 5.91 Å². The molecule has 2 atom stereocenters. The van der Waals surface area contributed by atoms with Crippen LogP contribution >= 0.6 is 0 Å². The van der Waals surface area contributed by atoms with Crippen LogP contribution in [0, 0.1) is 5.92 Å². The minimum atomic E-state index is 0.0787. The Balaban J connectivity index is 2.40. The molecule has 0 aromatic carbocycles. The predicted molar refractivity (Wildman–Crippen MR) is 30.1 cm³/mol. The molecule has 0 spiro atoms. The van der Waals surface area contributed by atoms with Crippen LogP contribution in [0.5, 0.6) is 0 Å². The maximum absolute atomic E-state index is 10.5. The van der Waals surface area contributed by atoms with Gasteiger partial charge in [0, 0.05) is 12.6 Å². The number of hydrogen-bond donors (Lipinski definition) is 2. The van der Waals surface area contributed by atoms with E-state index >= 15 is 0 Å². The van der Waals surface area contributed by atoms with Crippen molar-refractivity contribution in [3.8, 4) is 0 Å². The van der Waals surface area contributed by atoms with E-state index in [-0.39, 0.29) is 11.8 Å². The molecule has 0 saturated carbocycles. The standard InChI is InChI=1S/C5H10N2O/c1-3-4(2-6)5(8)7-3/h3-4H,2,6H2,1H3,(H,7,8). The molecule has 3 nitrogen and oxygen atoms in total. The molecule has 3 heteroatoms. The molecule has 3 N–H and O–H groups in total. The second-order valence-corrected chi connectivity index (χ2v) is 2.14. The molecular formula is C5H10N2O. The number of rotatable bonds is 1. The molecular weight excluding hydrogens is 104 g/mol. The van der Waals surface area contributed by atoms with Crippen LogP contribution in [0.3, 0.4) is 0 Å². The highest BCUT2D eigenvalue weighted by atomic mass is 16.2. The molecule has 1 fully saturated rings. The minimum Gasteiger partial charge on any atom is -0.352 e. The number of nitrogens with two attached hydrogens (primary N) is 1. The molecule has 1 amide bonds. The van der Waals surface area contributed by atoms with Crippen molar-refractivity contribution in [2.75, 3.05) is 6.54 Å². The molecule has 0 radical (unpaired) electrons. The maximum Gasteiger partial charge on any atom is 0.226 e. The molecule has 1 saturated heterocycles. The zero-order valence-electron chi connectivity index (χ0n) is 4.85. The van der Waals surface area contributed by atoms with Crippen LogP contribution in [0.2, 0.25) is 0 Å². The van der Waals surface area contributed by atoms with Crippen LogP contribution in [-0.2, 0) is 4.79 Å². The largest absolute Gasteiger partial charge is 0.352 e. The molecule has 0 bridgehead atoms. The lowest BCUT2D eigenvalue weighted by molar-refractivity contribution is -0.133. The smallest absolute Gasteiger partial charge is 0.226 e. The molecule has 0 aromatic rings. The van der Waals surface area contributed by atoms with Crippen LogP contribution < -0.4 is 11.1 Å². The fourth-order valence-corrected chi connectivity index (χ4v) is 0.874. The summed E-state index contributed by atoms with van der Waals surface area (Å²) in [5, 5.41) is 2.69. The first-order chi connectivity index (χ1) is 3.75. The van der Waals surface area contributed by atoms with E-state index in [4.69, 9.17) is 5.73 Å². The molecule has 2 unspecified atom stereocenters. The van der Waals surface area contributed by atoms with Crippen LogP contribution in [0.15, 0.2) is 0 Å². The fourth-order valence-electron chi connectivity index (χ4n) is 0.874. The van der Waals surface area contributed by atoms with E-state index in [0.29, 0.717) is 12.6 Å². The Morgan fingerprint density at radius 1 is 1.88 bits per heavy atom. The number of hydrogen-bond acceptors (Lipinski definition) is 2. The van der Waals surface area contributed by atoms with Crippen molar-refractivity contribution < 1.29 is 4.79 Å². The maximum atomic E-state index is 10.5. The van der Waals surface area contributed by atoms with Crippen molar-refractivity contribution in [1.82, 2.24) is 5.32 Å².